The van der Waals surface area contributed by atoms with Gasteiger partial charge in [-0.2, -0.15) is 11.3 Å². The number of benzene rings is 7. The maximum Gasteiger partial charge on any atom is 0.264 e. The zero-order valence-electron chi connectivity index (χ0n) is 47.8. The molecule has 73 heavy (non-hydrogen) atoms. The molecule has 0 bridgehead atoms. The van der Waals surface area contributed by atoms with E-state index in [9.17, 15) is 4.11 Å². The highest BCUT2D eigenvalue weighted by molar-refractivity contribution is 7.29. The fraction of sp³-hybridized carbons (Fsp3) is 0.313. The van der Waals surface area contributed by atoms with Crippen LogP contribution in [0.1, 0.15) is 133 Å². The van der Waals surface area contributed by atoms with E-state index in [2.05, 4.69) is 226 Å². The third kappa shape index (κ3) is 6.81. The highest BCUT2D eigenvalue weighted by Gasteiger charge is 2.54. The van der Waals surface area contributed by atoms with Crippen molar-refractivity contribution in [1.82, 2.24) is 0 Å². The van der Waals surface area contributed by atoms with Crippen LogP contribution in [0.25, 0.3) is 21.9 Å². The van der Waals surface area contributed by atoms with E-state index in [1.807, 2.05) is 23.5 Å². The first-order valence-corrected chi connectivity index (χ1v) is 29.6. The lowest BCUT2D eigenvalue weighted by Gasteiger charge is -2.45. The van der Waals surface area contributed by atoms with Gasteiger partial charge in [0.05, 0.1) is 5.69 Å². The topological polar surface area (TPSA) is 19.6 Å². The van der Waals surface area contributed by atoms with Gasteiger partial charge < -0.3 is 14.2 Å². The summed E-state index contributed by atoms with van der Waals surface area (Å²) < 4.78 is 36.2. The molecule has 5 heterocycles. The molecule has 3 nitrogen and oxygen atoms in total. The number of thiophene rings is 1. The maximum absolute atomic E-state index is 9.20. The van der Waals surface area contributed by atoms with E-state index < -0.39 is 14.9 Å². The lowest BCUT2D eigenvalue weighted by atomic mass is 9.36. The summed E-state index contributed by atoms with van der Waals surface area (Å²) in [5.41, 5.74) is 15.4. The Balaban J connectivity index is 1.15. The Bertz CT molecular complexity index is 3800. The van der Waals surface area contributed by atoms with E-state index in [0.29, 0.717) is 5.56 Å². The average Bonchev–Trinajstić information content (AvgIpc) is 4.18. The summed E-state index contributed by atoms with van der Waals surface area (Å²) in [6, 6.07) is 55.5. The first-order valence-electron chi connectivity index (χ1n) is 28.1. The fourth-order valence-corrected chi connectivity index (χ4v) is 21.3. The summed E-state index contributed by atoms with van der Waals surface area (Å²) >= 11 is 1.99. The molecule has 366 valence electrons. The van der Waals surface area contributed by atoms with Crippen LogP contribution < -0.4 is 41.1 Å². The molecule has 7 aromatic carbocycles. The zero-order valence-corrected chi connectivity index (χ0v) is 46.6. The molecule has 0 unspecified atom stereocenters. The van der Waals surface area contributed by atoms with E-state index in [-0.39, 0.29) is 33.8 Å². The van der Waals surface area contributed by atoms with Crippen molar-refractivity contribution in [3.05, 3.63) is 178 Å². The van der Waals surface area contributed by atoms with Crippen molar-refractivity contribution in [2.24, 2.45) is 0 Å². The second-order valence-electron chi connectivity index (χ2n) is 26.0. The first-order chi connectivity index (χ1) is 35.8. The van der Waals surface area contributed by atoms with E-state index in [4.69, 9.17) is 4.42 Å². The third-order valence-electron chi connectivity index (χ3n) is 17.7. The number of hydrogen-bond donors (Lipinski definition) is 0. The summed E-state index contributed by atoms with van der Waals surface area (Å²) in [7, 11) is -2.55. The van der Waals surface area contributed by atoms with Gasteiger partial charge in [-0.05, 0) is 162 Å². The molecule has 2 aromatic heterocycles. The second kappa shape index (κ2) is 15.5. The van der Waals surface area contributed by atoms with Crippen LogP contribution in [0, 0.1) is 6.85 Å². The summed E-state index contributed by atoms with van der Waals surface area (Å²) in [4.78, 5) is 6.29. The van der Waals surface area contributed by atoms with E-state index in [1.54, 1.807) is 0 Å². The van der Waals surface area contributed by atoms with Crippen molar-refractivity contribution in [3.63, 3.8) is 0 Å². The molecule has 0 saturated carbocycles. The van der Waals surface area contributed by atoms with Crippen molar-refractivity contribution >= 4 is 113 Å². The van der Waals surface area contributed by atoms with Gasteiger partial charge in [0.1, 0.15) is 19.2 Å². The molecule has 6 heteroatoms. The van der Waals surface area contributed by atoms with Crippen LogP contribution in [-0.4, -0.2) is 14.8 Å². The van der Waals surface area contributed by atoms with Crippen molar-refractivity contribution in [2.75, 3.05) is 9.80 Å². The lowest BCUT2D eigenvalue weighted by molar-refractivity contribution is 0.339. The van der Waals surface area contributed by atoms with Crippen molar-refractivity contribution < 1.29 is 8.53 Å². The van der Waals surface area contributed by atoms with Gasteiger partial charge in [0.2, 0.25) is 0 Å². The Morgan fingerprint density at radius 2 is 1.12 bits per heavy atom. The number of hydrogen-bond acceptors (Lipinski definition) is 4. The molecule has 0 fully saturated rings. The van der Waals surface area contributed by atoms with Crippen LogP contribution in [-0.2, 0) is 27.1 Å². The monoisotopic (exact) mass is 992 g/mol. The standard InChI is InChI=1S/C67H69BN2OSSi/c1-41-34-53-59-54(35-41)70(45-30-26-43(27-31-45)64(5,6)7)60-58-61(66(10,11)33-32-65(58,8)9)72-62(60)68(59)51-39-56-48(36-52(51)69(53)44-28-24-42(25-29-44)63(2,3)4)49-37-57-50(38-55(49)71-56)67(12,13)40-73(57,46-20-16-14-17-21-46)47-22-18-15-19-23-47/h14-31,34-39H,32-33,40H2,1-13H3/i1D3. The van der Waals surface area contributed by atoms with Gasteiger partial charge in [0, 0.05) is 53.0 Å². The Hall–Kier alpha value is -6.08. The van der Waals surface area contributed by atoms with Crippen LogP contribution in [0.4, 0.5) is 34.1 Å². The quantitative estimate of drug-likeness (QED) is 0.164. The van der Waals surface area contributed by atoms with E-state index in [0.717, 1.165) is 74.7 Å². The van der Waals surface area contributed by atoms with Crippen LogP contribution in [0.2, 0.25) is 6.04 Å². The highest BCUT2D eigenvalue weighted by atomic mass is 32.1. The van der Waals surface area contributed by atoms with Gasteiger partial charge in [0.15, 0.2) is 0 Å². The molecule has 3 aliphatic heterocycles. The van der Waals surface area contributed by atoms with Gasteiger partial charge in [0.25, 0.3) is 6.71 Å². The number of fused-ring (bicyclic) bond motifs is 10. The molecule has 9 aromatic rings. The maximum atomic E-state index is 9.20. The molecular weight excluding hydrogens is 920 g/mol. The minimum atomic E-state index is -2.55. The van der Waals surface area contributed by atoms with Crippen LogP contribution in [0.3, 0.4) is 0 Å². The summed E-state index contributed by atoms with van der Waals surface area (Å²) in [5.74, 6) is 0. The molecule has 0 saturated heterocycles. The van der Waals surface area contributed by atoms with Gasteiger partial charge in [-0.25, -0.2) is 0 Å². The Labute approximate surface area is 443 Å². The molecule has 4 aliphatic rings. The molecule has 0 radical (unpaired) electrons. The number of aryl methyl sites for hydroxylation is 1. The predicted octanol–water partition coefficient (Wildman–Crippen LogP) is 14.7. The summed E-state index contributed by atoms with van der Waals surface area (Å²) in [6.07, 6.45) is 2.14. The van der Waals surface area contributed by atoms with Crippen LogP contribution in [0.15, 0.2) is 150 Å². The molecule has 1 aliphatic carbocycles. The smallest absolute Gasteiger partial charge is 0.264 e. The molecule has 0 atom stereocenters. The Morgan fingerprint density at radius 3 is 1.70 bits per heavy atom. The first kappa shape index (κ1) is 43.3. The molecule has 0 N–H and O–H groups in total. The van der Waals surface area contributed by atoms with Gasteiger partial charge in [-0.1, -0.05) is 174 Å². The second-order valence-corrected chi connectivity index (χ2v) is 30.9. The van der Waals surface area contributed by atoms with E-state index >= 15 is 0 Å². The third-order valence-corrected chi connectivity index (χ3v) is 24.7. The summed E-state index contributed by atoms with van der Waals surface area (Å²) in [5, 5.41) is 6.50. The minimum absolute atomic E-state index is 0.0372. The minimum Gasteiger partial charge on any atom is -0.456 e. The zero-order chi connectivity index (χ0) is 53.4. The predicted molar refractivity (Wildman–Crippen MR) is 318 cm³/mol. The highest BCUT2D eigenvalue weighted by Crippen LogP contribution is 2.57. The normalized spacial score (nSPS) is 18.6. The largest absolute Gasteiger partial charge is 0.456 e. The average molecular weight is 992 g/mol. The number of rotatable bonds is 4. The van der Waals surface area contributed by atoms with Gasteiger partial charge >= 0.3 is 0 Å². The van der Waals surface area contributed by atoms with E-state index in [1.165, 1.54) is 58.6 Å². The summed E-state index contributed by atoms with van der Waals surface area (Å²) in [6.45, 7) is 25.5. The number of nitrogens with zero attached hydrogens (tertiary/aromatic N) is 2. The fourth-order valence-electron chi connectivity index (χ4n) is 13.8. The Morgan fingerprint density at radius 1 is 0.589 bits per heavy atom. The van der Waals surface area contributed by atoms with Gasteiger partial charge in [-0.3, -0.25) is 0 Å². The number of anilines is 6. The lowest BCUT2D eigenvalue weighted by Crippen LogP contribution is -2.65. The van der Waals surface area contributed by atoms with Crippen molar-refractivity contribution in [3.8, 4) is 0 Å². The molecule has 13 rings (SSSR count). The Kier molecular flexibility index (Phi) is 9.20. The van der Waals surface area contributed by atoms with Crippen LogP contribution >= 0.6 is 11.3 Å². The molecule has 0 spiro atoms. The molecular formula is C67H69BN2OSSi. The van der Waals surface area contributed by atoms with Gasteiger partial charge in [-0.15, -0.1) is 0 Å². The SMILES string of the molecule is [2H]C([2H])([2H])c1cc2c3c(c1)N(c1ccc(C(C)(C)C)cc1)c1c(sc4c1C(C)(C)CCC4(C)C)B3c1cc3oc4cc5c(cc4c3cc1N2c1ccc(C(C)(C)C)cc1)[Si](c1ccccc1)(c1ccccc1)CC5(C)C. The van der Waals surface area contributed by atoms with Crippen molar-refractivity contribution in [2.45, 2.75) is 136 Å². The molecule has 0 amide bonds. The number of furan rings is 1. The van der Waals surface area contributed by atoms with Crippen molar-refractivity contribution in [1.29, 1.82) is 0 Å². The van der Waals surface area contributed by atoms with Crippen LogP contribution in [0.5, 0.6) is 0 Å².